The molecule has 1 saturated heterocycles. The molecule has 8 nitrogen and oxygen atoms in total. The number of carboxylic acids is 1. The normalized spacial score (nSPS) is 15.9. The molecule has 3 heterocycles. The molecule has 1 fully saturated rings. The number of carboxylic acid groups (broad SMARTS) is 1. The molecule has 1 aromatic rings. The van der Waals surface area contributed by atoms with Crippen LogP contribution in [0.4, 0.5) is 5.82 Å². The summed E-state index contributed by atoms with van der Waals surface area (Å²) in [6, 6.07) is 3.50. The van der Waals surface area contributed by atoms with E-state index in [0.29, 0.717) is 13.0 Å². The van der Waals surface area contributed by atoms with Crippen LogP contribution in [0.25, 0.3) is 0 Å². The number of hydrogen-bond acceptors (Lipinski definition) is 5. The number of aromatic nitrogens is 1. The van der Waals surface area contributed by atoms with Gasteiger partial charge >= 0.3 is 5.97 Å². The Hall–Kier alpha value is -3.08. The molecule has 3 rings (SSSR count). The number of carbonyl (C=O) groups is 3. The molecule has 1 aromatic heterocycles. The Bertz CT molecular complexity index is 787. The highest BCUT2D eigenvalue weighted by Crippen LogP contribution is 2.19. The van der Waals surface area contributed by atoms with Gasteiger partial charge in [-0.25, -0.2) is 4.98 Å². The minimum atomic E-state index is -1.08. The lowest BCUT2D eigenvalue weighted by atomic mass is 10.1. The number of fused-ring (bicyclic) bond motifs is 1. The van der Waals surface area contributed by atoms with Crippen molar-refractivity contribution in [1.82, 2.24) is 15.2 Å². The third-order valence-electron chi connectivity index (χ3n) is 4.74. The highest BCUT2D eigenvalue weighted by atomic mass is 16.4. The van der Waals surface area contributed by atoms with Crippen molar-refractivity contribution in [3.05, 3.63) is 23.4 Å². The summed E-state index contributed by atoms with van der Waals surface area (Å²) in [4.78, 5) is 39.1. The largest absolute Gasteiger partial charge is 0.481 e. The van der Waals surface area contributed by atoms with Crippen molar-refractivity contribution in [3.63, 3.8) is 0 Å². The van der Waals surface area contributed by atoms with Crippen LogP contribution >= 0.6 is 0 Å². The molecule has 2 aliphatic rings. The van der Waals surface area contributed by atoms with Crippen molar-refractivity contribution >= 4 is 23.6 Å². The first-order valence-electron chi connectivity index (χ1n) is 9.90. The molecule has 0 bridgehead atoms. The van der Waals surface area contributed by atoms with E-state index < -0.39 is 17.9 Å². The molecule has 156 valence electrons. The molecule has 2 amide bonds. The van der Waals surface area contributed by atoms with Gasteiger partial charge in [-0.3, -0.25) is 14.4 Å². The van der Waals surface area contributed by atoms with E-state index in [1.165, 1.54) is 29.0 Å². The second-order valence-electron chi connectivity index (χ2n) is 7.00. The van der Waals surface area contributed by atoms with Crippen molar-refractivity contribution in [2.24, 2.45) is 0 Å². The lowest BCUT2D eigenvalue weighted by Crippen LogP contribution is -2.42. The number of pyridine rings is 1. The van der Waals surface area contributed by atoms with E-state index in [1.54, 1.807) is 0 Å². The molecule has 1 atom stereocenters. The summed E-state index contributed by atoms with van der Waals surface area (Å²) in [5.74, 6) is 1.73. The van der Waals surface area contributed by atoms with Crippen LogP contribution in [0.2, 0.25) is 0 Å². The minimum absolute atomic E-state index is 0.0589. The lowest BCUT2D eigenvalue weighted by molar-refractivity contribution is -0.138. The molecule has 0 aliphatic carbocycles. The summed E-state index contributed by atoms with van der Waals surface area (Å²) >= 11 is 0. The quantitative estimate of drug-likeness (QED) is 0.619. The first-order valence-corrected chi connectivity index (χ1v) is 9.90. The number of rotatable bonds is 6. The Balaban J connectivity index is 0.000000218. The molecule has 0 unspecified atom stereocenters. The van der Waals surface area contributed by atoms with Crippen molar-refractivity contribution in [3.8, 4) is 12.3 Å². The fourth-order valence-corrected chi connectivity index (χ4v) is 3.18. The monoisotopic (exact) mass is 400 g/mol. The van der Waals surface area contributed by atoms with Crippen molar-refractivity contribution in [2.45, 2.75) is 51.5 Å². The number of amides is 2. The van der Waals surface area contributed by atoms with Crippen molar-refractivity contribution in [2.75, 3.05) is 25.0 Å². The van der Waals surface area contributed by atoms with E-state index in [1.807, 2.05) is 0 Å². The average Bonchev–Trinajstić information content (AvgIpc) is 3.11. The lowest BCUT2D eigenvalue weighted by Gasteiger charge is -2.17. The van der Waals surface area contributed by atoms with Crippen LogP contribution in [-0.2, 0) is 27.2 Å². The van der Waals surface area contributed by atoms with Gasteiger partial charge in [0.2, 0.25) is 11.8 Å². The van der Waals surface area contributed by atoms with E-state index in [2.05, 4.69) is 40.6 Å². The molecule has 29 heavy (non-hydrogen) atoms. The van der Waals surface area contributed by atoms with Gasteiger partial charge in [-0.2, -0.15) is 0 Å². The van der Waals surface area contributed by atoms with E-state index in [4.69, 9.17) is 11.5 Å². The number of aryl methyl sites for hydroxylation is 2. The fraction of sp³-hybridized carbons (Fsp3) is 0.524. The number of terminal acetylenes is 1. The molecule has 8 heteroatoms. The Morgan fingerprint density at radius 2 is 2.17 bits per heavy atom. The summed E-state index contributed by atoms with van der Waals surface area (Å²) in [5, 5.41) is 14.3. The van der Waals surface area contributed by atoms with Gasteiger partial charge in [0.1, 0.15) is 11.9 Å². The van der Waals surface area contributed by atoms with Crippen molar-refractivity contribution in [1.29, 1.82) is 0 Å². The van der Waals surface area contributed by atoms with E-state index in [0.717, 1.165) is 25.2 Å². The molecule has 2 aliphatic heterocycles. The standard InChI is InChI=1S/C11H14N2O4.C10H14N2/c1-2-8(6-11(16)17)12-9(14)7-13-5-3-4-10(13)15;1-2-9-6-5-8-4-3-7-11-10(8)12-9/h1,8H,3-7H2,(H,12,14)(H,16,17);5-6H,2-4,7H2,1H3,(H,11,12)/t8-;/m1./s1. The number of nitrogens with one attached hydrogen (secondary N) is 2. The highest BCUT2D eigenvalue weighted by Gasteiger charge is 2.23. The number of anilines is 1. The maximum Gasteiger partial charge on any atom is 0.306 e. The highest BCUT2D eigenvalue weighted by molar-refractivity contribution is 5.86. The van der Waals surface area contributed by atoms with Gasteiger partial charge in [0.25, 0.3) is 0 Å². The van der Waals surface area contributed by atoms with Gasteiger partial charge in [0.15, 0.2) is 0 Å². The number of carbonyl (C=O) groups excluding carboxylic acids is 2. The maximum atomic E-state index is 11.5. The topological polar surface area (TPSA) is 112 Å². The zero-order chi connectivity index (χ0) is 21.2. The summed E-state index contributed by atoms with van der Waals surface area (Å²) in [7, 11) is 0. The second-order valence-corrected chi connectivity index (χ2v) is 7.00. The zero-order valence-electron chi connectivity index (χ0n) is 16.7. The van der Waals surface area contributed by atoms with Crippen LogP contribution in [0.3, 0.4) is 0 Å². The van der Waals surface area contributed by atoms with Gasteiger partial charge in [-0.1, -0.05) is 18.9 Å². The molecule has 0 spiro atoms. The fourth-order valence-electron chi connectivity index (χ4n) is 3.18. The number of hydrogen-bond donors (Lipinski definition) is 3. The van der Waals surface area contributed by atoms with Crippen LogP contribution in [0.15, 0.2) is 12.1 Å². The third kappa shape index (κ3) is 7.11. The molecule has 0 aromatic carbocycles. The van der Waals surface area contributed by atoms with E-state index in [-0.39, 0.29) is 18.9 Å². The third-order valence-corrected chi connectivity index (χ3v) is 4.74. The molecule has 3 N–H and O–H groups in total. The minimum Gasteiger partial charge on any atom is -0.481 e. The first kappa shape index (κ1) is 22.2. The summed E-state index contributed by atoms with van der Waals surface area (Å²) in [5.41, 5.74) is 2.56. The number of likely N-dealkylation sites (tertiary alicyclic amines) is 1. The Morgan fingerprint density at radius 3 is 2.79 bits per heavy atom. The van der Waals surface area contributed by atoms with Crippen molar-refractivity contribution < 1.29 is 19.5 Å². The van der Waals surface area contributed by atoms with Gasteiger partial charge < -0.3 is 20.6 Å². The second kappa shape index (κ2) is 11.1. The zero-order valence-corrected chi connectivity index (χ0v) is 16.7. The summed E-state index contributed by atoms with van der Waals surface area (Å²) < 4.78 is 0. The van der Waals surface area contributed by atoms with E-state index >= 15 is 0 Å². The van der Waals surface area contributed by atoms with Crippen LogP contribution in [0.5, 0.6) is 0 Å². The van der Waals surface area contributed by atoms with Crippen LogP contribution in [0, 0.1) is 12.3 Å². The predicted octanol–water partition coefficient (Wildman–Crippen LogP) is 1.20. The average molecular weight is 400 g/mol. The molecular formula is C21H28N4O4. The maximum absolute atomic E-state index is 11.5. The summed E-state index contributed by atoms with van der Waals surface area (Å²) in [6.07, 6.45) is 9.42. The molecule has 0 radical (unpaired) electrons. The van der Waals surface area contributed by atoms with Crippen LogP contribution < -0.4 is 10.6 Å². The van der Waals surface area contributed by atoms with Crippen LogP contribution in [0.1, 0.15) is 43.9 Å². The van der Waals surface area contributed by atoms with Gasteiger partial charge in [0, 0.05) is 25.2 Å². The van der Waals surface area contributed by atoms with Gasteiger partial charge in [0.05, 0.1) is 13.0 Å². The Morgan fingerprint density at radius 1 is 1.38 bits per heavy atom. The van der Waals surface area contributed by atoms with Crippen LogP contribution in [-0.4, -0.2) is 58.5 Å². The van der Waals surface area contributed by atoms with Gasteiger partial charge in [-0.15, -0.1) is 6.42 Å². The van der Waals surface area contributed by atoms with E-state index in [9.17, 15) is 14.4 Å². The van der Waals surface area contributed by atoms with Gasteiger partial charge in [-0.05, 0) is 37.3 Å². The number of nitrogens with zero attached hydrogens (tertiary/aromatic N) is 2. The molecular weight excluding hydrogens is 372 g/mol. The molecule has 0 saturated carbocycles. The Kier molecular flexibility index (Phi) is 8.46. The summed E-state index contributed by atoms with van der Waals surface area (Å²) in [6.45, 7) is 3.72. The SMILES string of the molecule is C#C[C@H](CC(=O)O)NC(=O)CN1CCCC1=O.CCc1ccc2c(n1)NCCC2. The number of aliphatic carboxylic acids is 1. The smallest absolute Gasteiger partial charge is 0.306 e. The Labute approximate surface area is 171 Å². The predicted molar refractivity (Wildman–Crippen MR) is 109 cm³/mol. The first-order chi connectivity index (χ1) is 13.9.